The number of phenolic OH excluding ortho intramolecular Hbond substituents is 1. The molecule has 5 heteroatoms. The number of fused-ring (bicyclic) bond motifs is 1. The number of benzene rings is 2. The Kier molecular flexibility index (Phi) is 3.63. The van der Waals surface area contributed by atoms with E-state index in [1.54, 1.807) is 32.4 Å². The Balaban J connectivity index is 1.96. The van der Waals surface area contributed by atoms with Crippen LogP contribution in [0, 0.1) is 0 Å². The van der Waals surface area contributed by atoms with Crippen molar-refractivity contribution < 1.29 is 24.1 Å². The molecule has 0 fully saturated rings. The van der Waals surface area contributed by atoms with Crippen LogP contribution in [0.3, 0.4) is 0 Å². The number of rotatable bonds is 3. The summed E-state index contributed by atoms with van der Waals surface area (Å²) < 4.78 is 15.9. The van der Waals surface area contributed by atoms with E-state index < -0.39 is 12.1 Å². The second-order valence-corrected chi connectivity index (χ2v) is 5.02. The summed E-state index contributed by atoms with van der Waals surface area (Å²) in [6.45, 7) is 0. The summed E-state index contributed by atoms with van der Waals surface area (Å²) in [5.41, 5.74) is 1.84. The van der Waals surface area contributed by atoms with Crippen LogP contribution in [0.15, 0.2) is 36.4 Å². The number of cyclic esters (lactones) is 1. The molecule has 1 unspecified atom stereocenters. The maximum atomic E-state index is 12.1. The lowest BCUT2D eigenvalue weighted by molar-refractivity contribution is 0.0248. The molecule has 3 rings (SSSR count). The van der Waals surface area contributed by atoms with E-state index in [9.17, 15) is 9.90 Å². The molecule has 1 aliphatic rings. The summed E-state index contributed by atoms with van der Waals surface area (Å²) in [5.74, 6) is 0.636. The summed E-state index contributed by atoms with van der Waals surface area (Å²) in [6.07, 6.45) is 0.0897. The Bertz CT molecular complexity index is 723. The van der Waals surface area contributed by atoms with Crippen LogP contribution in [0.4, 0.5) is 0 Å². The minimum atomic E-state index is -0.515. The molecule has 0 aromatic heterocycles. The van der Waals surface area contributed by atoms with Gasteiger partial charge in [0, 0.05) is 6.42 Å². The summed E-state index contributed by atoms with van der Waals surface area (Å²) in [7, 11) is 3.12. The standard InChI is InChI=1S/C17H16O5/c1-20-13-7-6-10(8-15(13)21-2)14-9-11-4-3-5-12(18)16(11)17(19)22-14/h3-8,14,18H,9H2,1-2H3. The Labute approximate surface area is 128 Å². The van der Waals surface area contributed by atoms with Crippen LogP contribution in [0.5, 0.6) is 17.2 Å². The highest BCUT2D eigenvalue weighted by atomic mass is 16.5. The average molecular weight is 300 g/mol. The van der Waals surface area contributed by atoms with Crippen molar-refractivity contribution in [2.45, 2.75) is 12.5 Å². The zero-order valence-corrected chi connectivity index (χ0v) is 12.3. The van der Waals surface area contributed by atoms with Gasteiger partial charge in [-0.05, 0) is 29.3 Å². The van der Waals surface area contributed by atoms with Crippen LogP contribution in [0.1, 0.15) is 27.6 Å². The largest absolute Gasteiger partial charge is 0.507 e. The van der Waals surface area contributed by atoms with Crippen LogP contribution in [-0.2, 0) is 11.2 Å². The first-order valence-corrected chi connectivity index (χ1v) is 6.87. The fourth-order valence-corrected chi connectivity index (χ4v) is 2.66. The number of hydrogen-bond donors (Lipinski definition) is 1. The monoisotopic (exact) mass is 300 g/mol. The molecule has 5 nitrogen and oxygen atoms in total. The van der Waals surface area contributed by atoms with E-state index in [-0.39, 0.29) is 11.3 Å². The molecule has 0 bridgehead atoms. The molecular weight excluding hydrogens is 284 g/mol. The fourth-order valence-electron chi connectivity index (χ4n) is 2.66. The lowest BCUT2D eigenvalue weighted by atomic mass is 9.94. The van der Waals surface area contributed by atoms with Crippen molar-refractivity contribution >= 4 is 5.97 Å². The van der Waals surface area contributed by atoms with Crippen LogP contribution >= 0.6 is 0 Å². The molecule has 1 aliphatic heterocycles. The number of ether oxygens (including phenoxy) is 3. The van der Waals surface area contributed by atoms with Crippen molar-refractivity contribution in [2.75, 3.05) is 14.2 Å². The first kappa shape index (κ1) is 14.3. The highest BCUT2D eigenvalue weighted by Gasteiger charge is 2.30. The molecule has 0 spiro atoms. The van der Waals surface area contributed by atoms with E-state index in [1.165, 1.54) is 6.07 Å². The van der Waals surface area contributed by atoms with E-state index in [2.05, 4.69) is 0 Å². The smallest absolute Gasteiger partial charge is 0.342 e. The zero-order valence-electron chi connectivity index (χ0n) is 12.3. The number of esters is 1. The molecule has 0 radical (unpaired) electrons. The first-order valence-electron chi connectivity index (χ1n) is 6.87. The van der Waals surface area contributed by atoms with Crippen molar-refractivity contribution in [1.82, 2.24) is 0 Å². The van der Waals surface area contributed by atoms with Crippen molar-refractivity contribution in [1.29, 1.82) is 0 Å². The summed E-state index contributed by atoms with van der Waals surface area (Å²) in [4.78, 5) is 12.1. The number of hydrogen-bond acceptors (Lipinski definition) is 5. The Morgan fingerprint density at radius 2 is 1.91 bits per heavy atom. The number of phenols is 1. The summed E-state index contributed by atoms with van der Waals surface area (Å²) in [5, 5.41) is 9.80. The van der Waals surface area contributed by atoms with Crippen molar-refractivity contribution in [2.24, 2.45) is 0 Å². The van der Waals surface area contributed by atoms with Gasteiger partial charge in [0.05, 0.1) is 14.2 Å². The predicted molar refractivity (Wildman–Crippen MR) is 79.5 cm³/mol. The first-order chi connectivity index (χ1) is 10.6. The van der Waals surface area contributed by atoms with Gasteiger partial charge in [0.2, 0.25) is 0 Å². The normalized spacial score (nSPS) is 16.6. The highest BCUT2D eigenvalue weighted by molar-refractivity contribution is 5.95. The SMILES string of the molecule is COc1ccc(C2Cc3cccc(O)c3C(=O)O2)cc1OC. The number of aromatic hydroxyl groups is 1. The molecule has 114 valence electrons. The van der Waals surface area contributed by atoms with Crippen LogP contribution in [-0.4, -0.2) is 25.3 Å². The lowest BCUT2D eigenvalue weighted by Crippen LogP contribution is -2.21. The van der Waals surface area contributed by atoms with Crippen molar-refractivity contribution in [3.05, 3.63) is 53.1 Å². The highest BCUT2D eigenvalue weighted by Crippen LogP contribution is 2.37. The fraction of sp³-hybridized carbons (Fsp3) is 0.235. The third-order valence-electron chi connectivity index (χ3n) is 3.77. The quantitative estimate of drug-likeness (QED) is 0.883. The topological polar surface area (TPSA) is 65.0 Å². The molecule has 0 saturated heterocycles. The minimum Gasteiger partial charge on any atom is -0.507 e. The summed E-state index contributed by atoms with van der Waals surface area (Å²) >= 11 is 0. The maximum absolute atomic E-state index is 12.1. The van der Waals surface area contributed by atoms with Gasteiger partial charge in [0.25, 0.3) is 0 Å². The van der Waals surface area contributed by atoms with Gasteiger partial charge in [-0.25, -0.2) is 4.79 Å². The number of carbonyl (C=O) groups is 1. The van der Waals surface area contributed by atoms with Gasteiger partial charge in [-0.1, -0.05) is 18.2 Å². The third-order valence-corrected chi connectivity index (χ3v) is 3.77. The molecule has 0 saturated carbocycles. The van der Waals surface area contributed by atoms with Gasteiger partial charge in [-0.15, -0.1) is 0 Å². The van der Waals surface area contributed by atoms with E-state index in [4.69, 9.17) is 14.2 Å². The van der Waals surface area contributed by atoms with E-state index in [1.807, 2.05) is 12.1 Å². The molecule has 2 aromatic rings. The summed E-state index contributed by atoms with van der Waals surface area (Å²) in [6, 6.07) is 10.4. The minimum absolute atomic E-state index is 0.0479. The lowest BCUT2D eigenvalue weighted by Gasteiger charge is -2.25. The number of carbonyl (C=O) groups excluding carboxylic acids is 1. The predicted octanol–water partition coefficient (Wildman–Crippen LogP) is 2.86. The molecule has 22 heavy (non-hydrogen) atoms. The van der Waals surface area contributed by atoms with Crippen LogP contribution in [0.2, 0.25) is 0 Å². The van der Waals surface area contributed by atoms with Crippen molar-refractivity contribution in [3.63, 3.8) is 0 Å². The average Bonchev–Trinajstić information content (AvgIpc) is 2.53. The molecule has 1 atom stereocenters. The Hall–Kier alpha value is -2.69. The van der Waals surface area contributed by atoms with Gasteiger partial charge in [-0.3, -0.25) is 0 Å². The Morgan fingerprint density at radius 1 is 1.14 bits per heavy atom. The van der Waals surface area contributed by atoms with Crippen LogP contribution < -0.4 is 9.47 Å². The van der Waals surface area contributed by atoms with Gasteiger partial charge >= 0.3 is 5.97 Å². The van der Waals surface area contributed by atoms with Crippen molar-refractivity contribution in [3.8, 4) is 17.2 Å². The second kappa shape index (κ2) is 5.60. The van der Waals surface area contributed by atoms with Gasteiger partial charge in [-0.2, -0.15) is 0 Å². The number of methoxy groups -OCH3 is 2. The van der Waals surface area contributed by atoms with E-state index in [0.717, 1.165) is 11.1 Å². The van der Waals surface area contributed by atoms with Gasteiger partial charge < -0.3 is 19.3 Å². The molecule has 1 N–H and O–H groups in total. The molecule has 0 amide bonds. The molecule has 2 aromatic carbocycles. The molecule has 1 heterocycles. The Morgan fingerprint density at radius 3 is 2.64 bits per heavy atom. The maximum Gasteiger partial charge on any atom is 0.342 e. The van der Waals surface area contributed by atoms with E-state index in [0.29, 0.717) is 17.9 Å². The third kappa shape index (κ3) is 2.35. The molecule has 0 aliphatic carbocycles. The van der Waals surface area contributed by atoms with Crippen LogP contribution in [0.25, 0.3) is 0 Å². The van der Waals surface area contributed by atoms with Gasteiger partial charge in [0.1, 0.15) is 17.4 Å². The van der Waals surface area contributed by atoms with Gasteiger partial charge in [0.15, 0.2) is 11.5 Å². The zero-order chi connectivity index (χ0) is 15.7. The van der Waals surface area contributed by atoms with E-state index >= 15 is 0 Å². The second-order valence-electron chi connectivity index (χ2n) is 5.02. The molecular formula is C17H16O5.